The summed E-state index contributed by atoms with van der Waals surface area (Å²) in [5, 5.41) is 21.5. The van der Waals surface area contributed by atoms with Crippen LogP contribution in [0.2, 0.25) is 5.02 Å². The fraction of sp³-hybridized carbons (Fsp3) is 0.148. The second-order valence-electron chi connectivity index (χ2n) is 8.21. The number of ketones is 1. The van der Waals surface area contributed by atoms with Crippen molar-refractivity contribution in [1.29, 1.82) is 10.5 Å². The van der Waals surface area contributed by atoms with E-state index in [0.29, 0.717) is 10.6 Å². The molecule has 4 nitrogen and oxygen atoms in total. The zero-order chi connectivity index (χ0) is 23.2. The maximum Gasteiger partial charge on any atom is 0.185 e. The lowest BCUT2D eigenvalue weighted by atomic mass is 9.69. The zero-order valence-corrected chi connectivity index (χ0v) is 20.2. The third-order valence-corrected chi connectivity index (χ3v) is 7.41. The molecule has 3 aromatic carbocycles. The van der Waals surface area contributed by atoms with Gasteiger partial charge in [0.2, 0.25) is 0 Å². The van der Waals surface area contributed by atoms with Crippen LogP contribution < -0.4 is 4.90 Å². The average Bonchev–Trinajstić information content (AvgIpc) is 3.14. The van der Waals surface area contributed by atoms with E-state index in [1.807, 2.05) is 71.6 Å². The highest BCUT2D eigenvalue weighted by atomic mass is 127. The molecule has 160 valence electrons. The number of carbonyl (C=O) groups excluding carboxylic acids is 1. The van der Waals surface area contributed by atoms with E-state index in [9.17, 15) is 15.3 Å². The molecule has 2 aliphatic heterocycles. The van der Waals surface area contributed by atoms with Crippen molar-refractivity contribution in [1.82, 2.24) is 0 Å². The number of carbonyl (C=O) groups is 1. The van der Waals surface area contributed by atoms with E-state index in [2.05, 4.69) is 34.7 Å². The molecule has 2 aliphatic rings. The van der Waals surface area contributed by atoms with Crippen LogP contribution in [0.5, 0.6) is 0 Å². The minimum atomic E-state index is -1.45. The van der Waals surface area contributed by atoms with Crippen LogP contribution in [-0.4, -0.2) is 17.9 Å². The Morgan fingerprint density at radius 3 is 2.45 bits per heavy atom. The fourth-order valence-corrected chi connectivity index (χ4v) is 5.86. The van der Waals surface area contributed by atoms with Crippen LogP contribution >= 0.6 is 34.2 Å². The lowest BCUT2D eigenvalue weighted by Crippen LogP contribution is -2.44. The van der Waals surface area contributed by atoms with Crippen molar-refractivity contribution in [2.75, 3.05) is 4.90 Å². The van der Waals surface area contributed by atoms with Gasteiger partial charge in [0, 0.05) is 25.8 Å². The van der Waals surface area contributed by atoms with Gasteiger partial charge in [-0.25, -0.2) is 0 Å². The van der Waals surface area contributed by atoms with E-state index < -0.39 is 23.4 Å². The Balaban J connectivity index is 1.80. The molecule has 2 heterocycles. The number of benzene rings is 3. The van der Waals surface area contributed by atoms with Crippen LogP contribution in [0.3, 0.4) is 0 Å². The molecule has 0 radical (unpaired) electrons. The molecule has 6 heteroatoms. The van der Waals surface area contributed by atoms with Gasteiger partial charge >= 0.3 is 0 Å². The number of nitrogens with zero attached hydrogens (tertiary/aromatic N) is 3. The van der Waals surface area contributed by atoms with Gasteiger partial charge < -0.3 is 4.90 Å². The number of Topliss-reactive ketones (excluding diaryl/α,β-unsaturated/α-hetero) is 1. The largest absolute Gasteiger partial charge is 0.351 e. The second kappa shape index (κ2) is 8.33. The third kappa shape index (κ3) is 3.35. The molecule has 1 fully saturated rings. The predicted molar refractivity (Wildman–Crippen MR) is 137 cm³/mol. The monoisotopic (exact) mass is 561 g/mol. The Labute approximate surface area is 210 Å². The van der Waals surface area contributed by atoms with Crippen molar-refractivity contribution in [3.05, 3.63) is 104 Å². The van der Waals surface area contributed by atoms with E-state index >= 15 is 0 Å². The third-order valence-electron chi connectivity index (χ3n) is 6.50. The minimum Gasteiger partial charge on any atom is -0.351 e. The van der Waals surface area contributed by atoms with Crippen LogP contribution in [0.15, 0.2) is 78.9 Å². The Morgan fingerprint density at radius 1 is 1.00 bits per heavy atom. The number of fused-ring (bicyclic) bond motifs is 3. The van der Waals surface area contributed by atoms with Crippen molar-refractivity contribution in [3.63, 3.8) is 0 Å². The first kappa shape index (κ1) is 21.7. The Kier molecular flexibility index (Phi) is 5.48. The van der Waals surface area contributed by atoms with Crippen LogP contribution in [0.4, 0.5) is 5.69 Å². The molecule has 33 heavy (non-hydrogen) atoms. The van der Waals surface area contributed by atoms with Gasteiger partial charge in [-0.15, -0.1) is 0 Å². The molecule has 0 unspecified atom stereocenters. The maximum atomic E-state index is 14.1. The summed E-state index contributed by atoms with van der Waals surface area (Å²) in [4.78, 5) is 16.0. The summed E-state index contributed by atoms with van der Waals surface area (Å²) in [6.07, 6.45) is 3.76. The highest BCUT2D eigenvalue weighted by Gasteiger charge is 2.63. The number of halogens is 2. The fourth-order valence-electron chi connectivity index (χ4n) is 5.11. The van der Waals surface area contributed by atoms with Crippen molar-refractivity contribution in [2.45, 2.75) is 18.0 Å². The van der Waals surface area contributed by atoms with Gasteiger partial charge in [0.05, 0.1) is 18.2 Å². The standard InChI is InChI=1S/C27H17ClIN3O/c28-20-10-11-22-18(13-20)9-12-23-27(15-30,16-31)24(19-7-4-8-21(29)14-19)25(32(22)23)26(33)17-5-2-1-3-6-17/h1-14,23-25H/t23-,24-,25+/m1/s1. The van der Waals surface area contributed by atoms with Crippen molar-refractivity contribution in [2.24, 2.45) is 5.41 Å². The van der Waals surface area contributed by atoms with Gasteiger partial charge in [-0.2, -0.15) is 10.5 Å². The first-order chi connectivity index (χ1) is 16.0. The molecule has 0 saturated carbocycles. The summed E-state index contributed by atoms with van der Waals surface area (Å²) < 4.78 is 0.980. The van der Waals surface area contributed by atoms with E-state index in [1.165, 1.54) is 0 Å². The van der Waals surface area contributed by atoms with Crippen LogP contribution in [0.25, 0.3) is 6.08 Å². The topological polar surface area (TPSA) is 67.9 Å². The zero-order valence-electron chi connectivity index (χ0n) is 17.3. The Morgan fingerprint density at radius 2 is 1.76 bits per heavy atom. The number of nitriles is 2. The molecule has 0 bridgehead atoms. The first-order valence-electron chi connectivity index (χ1n) is 10.4. The highest BCUT2D eigenvalue weighted by Crippen LogP contribution is 2.55. The van der Waals surface area contributed by atoms with Gasteiger partial charge in [-0.3, -0.25) is 4.79 Å². The van der Waals surface area contributed by atoms with Gasteiger partial charge in [-0.05, 0) is 64.0 Å². The number of anilines is 1. The molecule has 3 aromatic rings. The molecule has 5 rings (SSSR count). The summed E-state index contributed by atoms with van der Waals surface area (Å²) >= 11 is 8.46. The molecule has 0 amide bonds. The summed E-state index contributed by atoms with van der Waals surface area (Å²) in [5.74, 6) is -0.765. The molecule has 3 atom stereocenters. The second-order valence-corrected chi connectivity index (χ2v) is 9.90. The SMILES string of the molecule is N#CC1(C#N)[C@H](c2cccc(I)c2)[C@@H](C(=O)c2ccccc2)N2c3ccc(Cl)cc3C=C[C@@H]21. The predicted octanol–water partition coefficient (Wildman–Crippen LogP) is 6.23. The Hall–Kier alpha value is -3.13. The van der Waals surface area contributed by atoms with Gasteiger partial charge in [0.1, 0.15) is 6.04 Å². The van der Waals surface area contributed by atoms with E-state index in [1.54, 1.807) is 18.2 Å². The molecule has 0 N–H and O–H groups in total. The molecular formula is C27H17ClIN3O. The minimum absolute atomic E-state index is 0.118. The molecule has 1 saturated heterocycles. The van der Waals surface area contributed by atoms with Gasteiger partial charge in [0.15, 0.2) is 11.2 Å². The summed E-state index contributed by atoms with van der Waals surface area (Å²) in [6, 6.07) is 25.7. The smallest absolute Gasteiger partial charge is 0.185 e. The summed E-state index contributed by atoms with van der Waals surface area (Å²) in [6.45, 7) is 0. The van der Waals surface area contributed by atoms with Crippen LogP contribution in [-0.2, 0) is 0 Å². The first-order valence-corrected chi connectivity index (χ1v) is 11.9. The normalized spacial score (nSPS) is 22.1. The lowest BCUT2D eigenvalue weighted by molar-refractivity contribution is 0.0951. The van der Waals surface area contributed by atoms with Crippen molar-refractivity contribution < 1.29 is 4.79 Å². The lowest BCUT2D eigenvalue weighted by Gasteiger charge is -2.35. The highest BCUT2D eigenvalue weighted by molar-refractivity contribution is 14.1. The number of hydrogen-bond acceptors (Lipinski definition) is 4. The van der Waals surface area contributed by atoms with Gasteiger partial charge in [0.25, 0.3) is 0 Å². The van der Waals surface area contributed by atoms with E-state index in [4.69, 9.17) is 11.6 Å². The average molecular weight is 562 g/mol. The van der Waals surface area contributed by atoms with Crippen molar-refractivity contribution >= 4 is 51.7 Å². The summed E-state index contributed by atoms with van der Waals surface area (Å²) in [5.41, 5.74) is 1.56. The number of hydrogen-bond donors (Lipinski definition) is 0. The molecule has 0 spiro atoms. The molecule has 0 aromatic heterocycles. The molecule has 0 aliphatic carbocycles. The van der Waals surface area contributed by atoms with E-state index in [0.717, 1.165) is 20.4 Å². The summed E-state index contributed by atoms with van der Waals surface area (Å²) in [7, 11) is 0. The van der Waals surface area contributed by atoms with Crippen LogP contribution in [0, 0.1) is 31.6 Å². The molecular weight excluding hydrogens is 545 g/mol. The van der Waals surface area contributed by atoms with E-state index in [-0.39, 0.29) is 5.78 Å². The van der Waals surface area contributed by atoms with Crippen molar-refractivity contribution in [3.8, 4) is 12.1 Å². The Bertz CT molecular complexity index is 1360. The van der Waals surface area contributed by atoms with Gasteiger partial charge in [-0.1, -0.05) is 66.2 Å². The van der Waals surface area contributed by atoms with Crippen LogP contribution in [0.1, 0.15) is 27.4 Å². The number of rotatable bonds is 3. The maximum absolute atomic E-state index is 14.1. The quantitative estimate of drug-likeness (QED) is 0.281.